The Balaban J connectivity index is 0.000000148. The van der Waals surface area contributed by atoms with Crippen molar-refractivity contribution in [2.24, 2.45) is 0 Å². The third kappa shape index (κ3) is 2.42. The van der Waals surface area contributed by atoms with Gasteiger partial charge in [-0.2, -0.15) is 0 Å². The molecule has 0 spiro atoms. The molecule has 0 bridgehead atoms. The van der Waals surface area contributed by atoms with Crippen LogP contribution >= 0.6 is 0 Å². The fourth-order valence-electron chi connectivity index (χ4n) is 2.00. The summed E-state index contributed by atoms with van der Waals surface area (Å²) in [6, 6.07) is 8.29. The van der Waals surface area contributed by atoms with Crippen molar-refractivity contribution >= 4 is 6.09 Å². The van der Waals surface area contributed by atoms with Crippen molar-refractivity contribution in [2.45, 2.75) is 25.3 Å². The van der Waals surface area contributed by atoms with Crippen LogP contribution in [-0.2, 0) is 0 Å². The topological polar surface area (TPSA) is 40.5 Å². The molecule has 1 saturated heterocycles. The Morgan fingerprint density at radius 1 is 1.29 bits per heavy atom. The molecule has 17 heavy (non-hydrogen) atoms. The lowest BCUT2D eigenvalue weighted by Crippen LogP contribution is -2.41. The van der Waals surface area contributed by atoms with Crippen LogP contribution < -0.4 is 0 Å². The standard InChI is InChI=1S/C8H11NO2.C6H4/c1-2-7-5-3-4-6-9(7)8(10)11;1-2-6-4-3-5(1)6/h1,7H,3-6H2,(H,10,11);1-4H. The number of carbonyl (C=O) groups is 1. The highest BCUT2D eigenvalue weighted by Crippen LogP contribution is 2.29. The maximum atomic E-state index is 10.6. The largest absolute Gasteiger partial charge is 0.465 e. The molecule has 1 aliphatic heterocycles. The van der Waals surface area contributed by atoms with Crippen LogP contribution in [0.3, 0.4) is 0 Å². The van der Waals surface area contributed by atoms with Crippen LogP contribution in [0.2, 0.25) is 0 Å². The Kier molecular flexibility index (Phi) is 3.34. The molecule has 88 valence electrons. The van der Waals surface area contributed by atoms with Crippen LogP contribution in [0.1, 0.15) is 19.3 Å². The Morgan fingerprint density at radius 2 is 1.88 bits per heavy atom. The minimum absolute atomic E-state index is 0.193. The predicted molar refractivity (Wildman–Crippen MR) is 66.6 cm³/mol. The molecule has 1 heterocycles. The summed E-state index contributed by atoms with van der Waals surface area (Å²) in [7, 11) is 0. The van der Waals surface area contributed by atoms with Gasteiger partial charge in [0.15, 0.2) is 0 Å². The number of fused-ring (bicyclic) bond motifs is 1. The van der Waals surface area contributed by atoms with Crippen molar-refractivity contribution in [3.8, 4) is 23.5 Å². The monoisotopic (exact) mass is 229 g/mol. The molecule has 1 amide bonds. The van der Waals surface area contributed by atoms with Gasteiger partial charge in [0.05, 0.1) is 6.04 Å². The van der Waals surface area contributed by atoms with Gasteiger partial charge in [0.25, 0.3) is 0 Å². The van der Waals surface area contributed by atoms with Crippen molar-refractivity contribution in [2.75, 3.05) is 6.54 Å². The van der Waals surface area contributed by atoms with Crippen molar-refractivity contribution < 1.29 is 9.90 Å². The summed E-state index contributed by atoms with van der Waals surface area (Å²) < 4.78 is 0. The first kappa shape index (κ1) is 11.5. The molecule has 0 saturated carbocycles. The predicted octanol–water partition coefficient (Wildman–Crippen LogP) is 2.82. The average Bonchev–Trinajstić information content (AvgIpc) is 2.34. The second kappa shape index (κ2) is 4.92. The lowest BCUT2D eigenvalue weighted by atomic mass is 9.95. The zero-order chi connectivity index (χ0) is 12.3. The third-order valence-corrected chi connectivity index (χ3v) is 3.16. The molecule has 3 aliphatic rings. The van der Waals surface area contributed by atoms with Gasteiger partial charge in [0.2, 0.25) is 0 Å². The minimum Gasteiger partial charge on any atom is -0.465 e. The molecular formula is C14H15NO2. The van der Waals surface area contributed by atoms with E-state index in [1.165, 1.54) is 16.0 Å². The van der Waals surface area contributed by atoms with Gasteiger partial charge in [-0.05, 0) is 30.4 Å². The molecule has 1 unspecified atom stereocenters. The van der Waals surface area contributed by atoms with Crippen LogP contribution in [0, 0.1) is 12.3 Å². The van der Waals surface area contributed by atoms with Crippen molar-refractivity contribution in [3.05, 3.63) is 24.3 Å². The number of amides is 1. The summed E-state index contributed by atoms with van der Waals surface area (Å²) in [5.74, 6) is 2.48. The van der Waals surface area contributed by atoms with E-state index in [9.17, 15) is 4.79 Å². The van der Waals surface area contributed by atoms with Gasteiger partial charge < -0.3 is 5.11 Å². The summed E-state index contributed by atoms with van der Waals surface area (Å²) >= 11 is 0. The number of piperidine rings is 1. The molecule has 3 rings (SSSR count). The Labute approximate surface area is 101 Å². The van der Waals surface area contributed by atoms with E-state index in [1.807, 2.05) is 0 Å². The Hall–Kier alpha value is -1.95. The van der Waals surface area contributed by atoms with Gasteiger partial charge in [0.1, 0.15) is 0 Å². The minimum atomic E-state index is -0.896. The smallest absolute Gasteiger partial charge is 0.408 e. The van der Waals surface area contributed by atoms with Crippen LogP contribution in [0.4, 0.5) is 4.79 Å². The molecule has 0 aromatic rings. The quantitative estimate of drug-likeness (QED) is 0.706. The number of hydrogen-bond acceptors (Lipinski definition) is 1. The number of benzene rings is 1. The highest BCUT2D eigenvalue weighted by Gasteiger charge is 2.23. The lowest BCUT2D eigenvalue weighted by Gasteiger charge is -2.29. The molecule has 1 N–H and O–H groups in total. The summed E-state index contributed by atoms with van der Waals surface area (Å²) in [6.07, 6.45) is 7.06. The zero-order valence-electron chi connectivity index (χ0n) is 9.60. The first-order chi connectivity index (χ1) is 8.22. The summed E-state index contributed by atoms with van der Waals surface area (Å²) in [5.41, 5.74) is 2.85. The Bertz CT molecular complexity index is 423. The molecule has 0 aromatic heterocycles. The first-order valence-electron chi connectivity index (χ1n) is 5.78. The van der Waals surface area contributed by atoms with E-state index >= 15 is 0 Å². The first-order valence-corrected chi connectivity index (χ1v) is 5.78. The van der Waals surface area contributed by atoms with E-state index in [1.54, 1.807) is 0 Å². The van der Waals surface area contributed by atoms with Gasteiger partial charge in [0, 0.05) is 6.54 Å². The molecule has 1 atom stereocenters. The van der Waals surface area contributed by atoms with Crippen LogP contribution in [0.5, 0.6) is 0 Å². The van der Waals surface area contributed by atoms with Gasteiger partial charge >= 0.3 is 6.09 Å². The second-order valence-electron chi connectivity index (χ2n) is 4.23. The number of rotatable bonds is 0. The summed E-state index contributed by atoms with van der Waals surface area (Å²) in [6.45, 7) is 0.587. The van der Waals surface area contributed by atoms with Gasteiger partial charge in [-0.25, -0.2) is 4.79 Å². The molecule has 0 aromatic carbocycles. The van der Waals surface area contributed by atoms with Crippen LogP contribution in [0.15, 0.2) is 24.3 Å². The van der Waals surface area contributed by atoms with Crippen LogP contribution in [-0.4, -0.2) is 28.7 Å². The van der Waals surface area contributed by atoms with Gasteiger partial charge in [-0.3, -0.25) is 4.90 Å². The van der Waals surface area contributed by atoms with E-state index < -0.39 is 6.09 Å². The number of hydrogen-bond donors (Lipinski definition) is 1. The number of terminal acetylenes is 1. The van der Waals surface area contributed by atoms with Crippen molar-refractivity contribution in [3.63, 3.8) is 0 Å². The lowest BCUT2D eigenvalue weighted by molar-refractivity contribution is 0.122. The fraction of sp³-hybridized carbons (Fsp3) is 0.357. The van der Waals surface area contributed by atoms with Gasteiger partial charge in [-0.1, -0.05) is 30.2 Å². The fourth-order valence-corrected chi connectivity index (χ4v) is 2.00. The average molecular weight is 229 g/mol. The van der Waals surface area contributed by atoms with Crippen molar-refractivity contribution in [1.82, 2.24) is 4.90 Å². The second-order valence-corrected chi connectivity index (χ2v) is 4.23. The molecule has 3 nitrogen and oxygen atoms in total. The normalized spacial score (nSPS) is 19.7. The van der Waals surface area contributed by atoms with E-state index in [4.69, 9.17) is 11.5 Å². The zero-order valence-corrected chi connectivity index (χ0v) is 9.60. The maximum Gasteiger partial charge on any atom is 0.408 e. The van der Waals surface area contributed by atoms with Crippen molar-refractivity contribution in [1.29, 1.82) is 0 Å². The van der Waals surface area contributed by atoms with E-state index in [0.717, 1.165) is 19.3 Å². The molecule has 2 aliphatic carbocycles. The highest BCUT2D eigenvalue weighted by atomic mass is 16.4. The van der Waals surface area contributed by atoms with E-state index in [2.05, 4.69) is 30.2 Å². The molecule has 3 heteroatoms. The number of nitrogens with zero attached hydrogens (tertiary/aromatic N) is 1. The Morgan fingerprint density at radius 3 is 2.18 bits per heavy atom. The highest BCUT2D eigenvalue weighted by molar-refractivity contribution is 5.75. The molecular weight excluding hydrogens is 214 g/mol. The number of likely N-dealkylation sites (tertiary alicyclic amines) is 1. The van der Waals surface area contributed by atoms with E-state index in [0.29, 0.717) is 6.54 Å². The summed E-state index contributed by atoms with van der Waals surface area (Å²) in [5, 5.41) is 8.67. The SMILES string of the molecule is C#CC1CCCCN1C(=O)O.c1cc2ccc1-2. The van der Waals surface area contributed by atoms with Gasteiger partial charge in [-0.15, -0.1) is 6.42 Å². The molecule has 0 radical (unpaired) electrons. The molecule has 1 fully saturated rings. The van der Waals surface area contributed by atoms with Crippen LogP contribution in [0.25, 0.3) is 11.1 Å². The third-order valence-electron chi connectivity index (χ3n) is 3.16. The maximum absolute atomic E-state index is 10.6. The van der Waals surface area contributed by atoms with E-state index in [-0.39, 0.29) is 6.04 Å². The number of carboxylic acid groups (broad SMARTS) is 1. The summed E-state index contributed by atoms with van der Waals surface area (Å²) in [4.78, 5) is 11.9.